The molecule has 1 N–H and O–H groups in total. The lowest BCUT2D eigenvalue weighted by Crippen LogP contribution is -2.40. The van der Waals surface area contributed by atoms with E-state index < -0.39 is 41.3 Å². The number of rotatable bonds is 7. The number of ether oxygens (including phenoxy) is 3. The maximum atomic E-state index is 14.8. The first-order valence-electron chi connectivity index (χ1n) is 18.7. The van der Waals surface area contributed by atoms with E-state index in [1.54, 1.807) is 62.9 Å². The summed E-state index contributed by atoms with van der Waals surface area (Å²) < 4.78 is 45.8. The number of H-pyrrole nitrogens is 1. The Bertz CT molecular complexity index is 2260. The van der Waals surface area contributed by atoms with Crippen LogP contribution in [0.1, 0.15) is 41.5 Å². The zero-order valence-electron chi connectivity index (χ0n) is 34.0. The van der Waals surface area contributed by atoms with Crippen LogP contribution in [-0.2, 0) is 9.47 Å². The molecule has 0 aromatic carbocycles. The highest BCUT2D eigenvalue weighted by Gasteiger charge is 2.33. The second-order valence-electron chi connectivity index (χ2n) is 15.5. The number of halogens is 6. The highest BCUT2D eigenvalue weighted by Crippen LogP contribution is 2.38. The van der Waals surface area contributed by atoms with Gasteiger partial charge in [0.25, 0.3) is 5.56 Å². The number of carbonyl (C=O) groups excluding carboxylic acids is 2. The largest absolute Gasteiger partial charge is 0.472 e. The summed E-state index contributed by atoms with van der Waals surface area (Å²) in [5, 5.41) is 0.413. The highest BCUT2D eigenvalue weighted by molar-refractivity contribution is 7.14. The molecule has 61 heavy (non-hydrogen) atoms. The van der Waals surface area contributed by atoms with Gasteiger partial charge in [-0.2, -0.15) is 4.98 Å². The van der Waals surface area contributed by atoms with Crippen LogP contribution in [0, 0.1) is 0 Å². The summed E-state index contributed by atoms with van der Waals surface area (Å²) in [4.78, 5) is 67.8. The second kappa shape index (κ2) is 20.4. The second-order valence-corrected chi connectivity index (χ2v) is 18.7. The van der Waals surface area contributed by atoms with Gasteiger partial charge in [-0.1, -0.05) is 59.1 Å². The molecule has 0 bridgehead atoms. The normalized spacial score (nSPS) is 17.5. The van der Waals surface area contributed by atoms with Gasteiger partial charge in [-0.05, 0) is 41.5 Å². The molecule has 0 spiro atoms. The zero-order valence-corrected chi connectivity index (χ0v) is 38.7. The molecule has 2 aliphatic rings. The number of thiazole rings is 2. The summed E-state index contributed by atoms with van der Waals surface area (Å²) in [5.74, 6) is 1.00. The fraction of sp³-hybridized carbons (Fsp3) is 0.514. The lowest BCUT2D eigenvalue weighted by atomic mass is 10.2. The van der Waals surface area contributed by atoms with E-state index in [1.807, 2.05) is 0 Å². The summed E-state index contributed by atoms with van der Waals surface area (Å²) in [6.45, 7) is 14.9. The predicted octanol–water partition coefficient (Wildman–Crippen LogP) is 8.46. The number of amides is 2. The van der Waals surface area contributed by atoms with Gasteiger partial charge in [0.1, 0.15) is 50.0 Å². The summed E-state index contributed by atoms with van der Waals surface area (Å²) in [6.07, 6.45) is -2.33. The van der Waals surface area contributed by atoms with Crippen LogP contribution in [-0.4, -0.2) is 134 Å². The molecule has 4 aromatic heterocycles. The zero-order chi connectivity index (χ0) is 44.8. The Morgan fingerprint density at radius 3 is 1.74 bits per heavy atom. The molecule has 2 atom stereocenters. The first-order valence-corrected chi connectivity index (χ1v) is 21.9. The molecule has 24 heteroatoms. The van der Waals surface area contributed by atoms with Crippen LogP contribution in [0.15, 0.2) is 28.5 Å². The average Bonchev–Trinajstić information content (AvgIpc) is 3.68. The molecule has 0 saturated carbocycles. The number of carbonyl (C=O) groups is 2. The van der Waals surface area contributed by atoms with E-state index in [2.05, 4.69) is 36.5 Å². The third kappa shape index (κ3) is 13.0. The fourth-order valence-electron chi connectivity index (χ4n) is 5.78. The minimum Gasteiger partial charge on any atom is -0.472 e. The van der Waals surface area contributed by atoms with E-state index >= 15 is 0 Å². The minimum absolute atomic E-state index is 0.0210. The molecule has 6 heterocycles. The fourth-order valence-corrected chi connectivity index (χ4v) is 8.13. The van der Waals surface area contributed by atoms with Crippen molar-refractivity contribution in [3.05, 3.63) is 54.4 Å². The third-order valence-corrected chi connectivity index (χ3v) is 11.4. The van der Waals surface area contributed by atoms with Gasteiger partial charge in [-0.15, -0.1) is 22.7 Å². The number of nitrogens with one attached hydrogen (secondary N) is 1. The van der Waals surface area contributed by atoms with Gasteiger partial charge in [0.05, 0.1) is 37.2 Å². The van der Waals surface area contributed by atoms with E-state index in [4.69, 9.17) is 60.6 Å². The van der Waals surface area contributed by atoms with Crippen molar-refractivity contribution >= 4 is 92.9 Å². The Kier molecular flexibility index (Phi) is 16.0. The van der Waals surface area contributed by atoms with Gasteiger partial charge < -0.3 is 38.8 Å². The van der Waals surface area contributed by atoms with Crippen molar-refractivity contribution in [1.82, 2.24) is 39.7 Å². The number of hydrogen-bond donors (Lipinski definition) is 1. The molecule has 4 aromatic rings. The number of aromatic amines is 1. The van der Waals surface area contributed by atoms with Crippen molar-refractivity contribution in [1.29, 1.82) is 0 Å². The Labute approximate surface area is 378 Å². The molecule has 2 fully saturated rings. The first kappa shape index (κ1) is 48.0. The molecular formula is C37H44Cl4F2N10O6S2. The number of aromatic nitrogens is 6. The minimum atomic E-state index is -1.38. The van der Waals surface area contributed by atoms with E-state index in [1.165, 1.54) is 38.0 Å². The molecule has 0 aliphatic carbocycles. The number of nitrogens with zero attached hydrogens (tertiary/aromatic N) is 9. The first-order chi connectivity index (χ1) is 28.6. The summed E-state index contributed by atoms with van der Waals surface area (Å²) >= 11 is 27.4. The number of hydrogen-bond acceptors (Lipinski definition) is 15. The lowest BCUT2D eigenvalue weighted by Gasteiger charge is -2.27. The van der Waals surface area contributed by atoms with Crippen molar-refractivity contribution < 1.29 is 32.6 Å². The Balaban J connectivity index is 0.000000232. The van der Waals surface area contributed by atoms with Gasteiger partial charge in [-0.3, -0.25) is 4.79 Å². The number of anilines is 2. The van der Waals surface area contributed by atoms with Crippen molar-refractivity contribution in [3.63, 3.8) is 0 Å². The Hall–Kier alpha value is -4.08. The quantitative estimate of drug-likeness (QED) is 0.175. The predicted molar refractivity (Wildman–Crippen MR) is 235 cm³/mol. The van der Waals surface area contributed by atoms with E-state index in [9.17, 15) is 23.2 Å². The summed E-state index contributed by atoms with van der Waals surface area (Å²) in [6, 6.07) is 0. The molecule has 2 unspecified atom stereocenters. The molecule has 332 valence electrons. The van der Waals surface area contributed by atoms with Gasteiger partial charge in [0.15, 0.2) is 33.6 Å². The summed E-state index contributed by atoms with van der Waals surface area (Å²) in [7, 11) is 0. The Morgan fingerprint density at radius 1 is 0.787 bits per heavy atom. The third-order valence-electron chi connectivity index (χ3n) is 8.31. The standard InChI is InChI=1S/C20H24Cl2FN5O3S.C17H20Cl2FN5O3S/c1-5-8-30-18-13(21)17(25-16(26-18)14-15(22)24-11-32-14)27-6-7-28(10-12(23)9-27)19(29)31-20(2,3)4;1-17(2,3)28-16(27)25-5-4-24(6-9(20)7-25)14-10(18)15(26)23-13(22-14)11-12(19)21-8-29-11/h5,11-12H,1,6-10H2,2-4H3;8-9H,4-7H2,1-3H3,(H,22,23,26). The van der Waals surface area contributed by atoms with Crippen LogP contribution < -0.4 is 20.1 Å². The lowest BCUT2D eigenvalue weighted by molar-refractivity contribution is 0.0220. The molecule has 2 amide bonds. The molecule has 6 rings (SSSR count). The van der Waals surface area contributed by atoms with Crippen LogP contribution in [0.25, 0.3) is 21.4 Å². The van der Waals surface area contributed by atoms with Crippen LogP contribution in [0.3, 0.4) is 0 Å². The maximum absolute atomic E-state index is 14.8. The molecule has 2 saturated heterocycles. The van der Waals surface area contributed by atoms with Crippen molar-refractivity contribution in [2.45, 2.75) is 65.1 Å². The van der Waals surface area contributed by atoms with Gasteiger partial charge >= 0.3 is 12.2 Å². The van der Waals surface area contributed by atoms with E-state index in [0.717, 1.165) is 0 Å². The van der Waals surface area contributed by atoms with Crippen molar-refractivity contribution in [3.8, 4) is 27.3 Å². The number of alkyl halides is 2. The molecule has 2 aliphatic heterocycles. The van der Waals surface area contributed by atoms with Crippen LogP contribution in [0.5, 0.6) is 5.88 Å². The average molecular weight is 969 g/mol. The van der Waals surface area contributed by atoms with Gasteiger partial charge in [-0.25, -0.2) is 38.3 Å². The van der Waals surface area contributed by atoms with Crippen LogP contribution in [0.4, 0.5) is 30.0 Å². The smallest absolute Gasteiger partial charge is 0.410 e. The molecule has 16 nitrogen and oxygen atoms in total. The summed E-state index contributed by atoms with van der Waals surface area (Å²) in [5.41, 5.74) is 1.16. The maximum Gasteiger partial charge on any atom is 0.410 e. The SMILES string of the molecule is C=CCOc1nc(-c2scnc2Cl)nc(N2CCN(C(=O)OC(C)(C)C)CC(F)C2)c1Cl.CC(C)(C)OC(=O)N1CCN(c2nc(-c3scnc3Cl)[nH]c(=O)c2Cl)CC(F)C1. The molecule has 0 radical (unpaired) electrons. The highest BCUT2D eigenvalue weighted by atomic mass is 35.5. The van der Waals surface area contributed by atoms with Crippen molar-refractivity contribution in [2.75, 3.05) is 68.8 Å². The molecular weight excluding hydrogens is 924 g/mol. The van der Waals surface area contributed by atoms with Crippen molar-refractivity contribution in [2.24, 2.45) is 0 Å². The monoisotopic (exact) mass is 966 g/mol. The van der Waals surface area contributed by atoms with Crippen LogP contribution >= 0.6 is 69.1 Å². The topological polar surface area (TPSA) is 172 Å². The van der Waals surface area contributed by atoms with E-state index in [-0.39, 0.29) is 108 Å². The van der Waals surface area contributed by atoms with Gasteiger partial charge in [0, 0.05) is 26.2 Å². The van der Waals surface area contributed by atoms with Gasteiger partial charge in [0.2, 0.25) is 5.88 Å². The van der Waals surface area contributed by atoms with Crippen LogP contribution in [0.2, 0.25) is 20.4 Å². The Morgan fingerprint density at radius 2 is 1.28 bits per heavy atom. The van der Waals surface area contributed by atoms with E-state index in [0.29, 0.717) is 9.75 Å².